The van der Waals surface area contributed by atoms with Crippen molar-refractivity contribution < 1.29 is 4.39 Å². The minimum atomic E-state index is -0.173. The standard InChI is InChI=1S/C11H16BrFN2/c1-8(6-14-2)15-7-9-10(12)4-3-5-11(9)13/h3-5,8,14-15H,6-7H2,1-2H3. The molecule has 0 aliphatic carbocycles. The summed E-state index contributed by atoms with van der Waals surface area (Å²) in [6, 6.07) is 5.34. The van der Waals surface area contributed by atoms with E-state index in [1.165, 1.54) is 6.07 Å². The van der Waals surface area contributed by atoms with Gasteiger partial charge in [-0.25, -0.2) is 4.39 Å². The minimum Gasteiger partial charge on any atom is -0.318 e. The van der Waals surface area contributed by atoms with Crippen LogP contribution in [0.15, 0.2) is 22.7 Å². The molecule has 0 fully saturated rings. The molecule has 1 atom stereocenters. The Kier molecular flexibility index (Phi) is 5.22. The molecule has 0 spiro atoms. The molecule has 2 N–H and O–H groups in total. The summed E-state index contributed by atoms with van der Waals surface area (Å²) in [5.74, 6) is -0.173. The maximum Gasteiger partial charge on any atom is 0.128 e. The molecule has 0 radical (unpaired) electrons. The van der Waals surface area contributed by atoms with E-state index in [9.17, 15) is 4.39 Å². The lowest BCUT2D eigenvalue weighted by atomic mass is 10.2. The van der Waals surface area contributed by atoms with Gasteiger partial charge in [0.15, 0.2) is 0 Å². The summed E-state index contributed by atoms with van der Waals surface area (Å²) < 4.78 is 14.2. The Bertz CT molecular complexity index is 297. The van der Waals surface area contributed by atoms with Crippen molar-refractivity contribution in [2.45, 2.75) is 19.5 Å². The largest absolute Gasteiger partial charge is 0.318 e. The van der Waals surface area contributed by atoms with E-state index in [0.717, 1.165) is 11.0 Å². The Morgan fingerprint density at radius 2 is 2.20 bits per heavy atom. The van der Waals surface area contributed by atoms with Crippen molar-refractivity contribution in [2.24, 2.45) is 0 Å². The maximum atomic E-state index is 13.4. The molecular formula is C11H16BrFN2. The summed E-state index contributed by atoms with van der Waals surface area (Å²) in [6.45, 7) is 3.47. The van der Waals surface area contributed by atoms with Crippen LogP contribution in [-0.4, -0.2) is 19.6 Å². The Hall–Kier alpha value is -0.450. The molecule has 1 aromatic carbocycles. The van der Waals surface area contributed by atoms with Gasteiger partial charge in [-0.15, -0.1) is 0 Å². The van der Waals surface area contributed by atoms with E-state index >= 15 is 0 Å². The zero-order chi connectivity index (χ0) is 11.3. The Balaban J connectivity index is 2.57. The second-order valence-corrected chi connectivity index (χ2v) is 4.39. The highest BCUT2D eigenvalue weighted by Gasteiger charge is 2.07. The van der Waals surface area contributed by atoms with Gasteiger partial charge in [-0.2, -0.15) is 0 Å². The topological polar surface area (TPSA) is 24.1 Å². The molecule has 84 valence electrons. The number of nitrogens with one attached hydrogen (secondary N) is 2. The second kappa shape index (κ2) is 6.20. The highest BCUT2D eigenvalue weighted by Crippen LogP contribution is 2.19. The zero-order valence-corrected chi connectivity index (χ0v) is 10.6. The van der Waals surface area contributed by atoms with Crippen LogP contribution >= 0.6 is 15.9 Å². The summed E-state index contributed by atoms with van der Waals surface area (Å²) in [4.78, 5) is 0. The molecule has 1 unspecified atom stereocenters. The van der Waals surface area contributed by atoms with Crippen LogP contribution < -0.4 is 10.6 Å². The Morgan fingerprint density at radius 1 is 1.47 bits per heavy atom. The van der Waals surface area contributed by atoms with Crippen LogP contribution in [0.25, 0.3) is 0 Å². The third kappa shape index (κ3) is 3.89. The normalized spacial score (nSPS) is 12.8. The molecule has 2 nitrogen and oxygen atoms in total. The number of halogens is 2. The van der Waals surface area contributed by atoms with Crippen LogP contribution in [-0.2, 0) is 6.54 Å². The lowest BCUT2D eigenvalue weighted by molar-refractivity contribution is 0.508. The smallest absolute Gasteiger partial charge is 0.128 e. The molecule has 0 aromatic heterocycles. The summed E-state index contributed by atoms with van der Waals surface area (Å²) in [5.41, 5.74) is 0.681. The van der Waals surface area contributed by atoms with Gasteiger partial charge in [0.05, 0.1) is 0 Å². The number of likely N-dealkylation sites (N-methyl/N-ethyl adjacent to an activating group) is 1. The molecule has 0 bridgehead atoms. The van der Waals surface area contributed by atoms with Crippen molar-refractivity contribution in [2.75, 3.05) is 13.6 Å². The van der Waals surface area contributed by atoms with Gasteiger partial charge in [0.2, 0.25) is 0 Å². The lowest BCUT2D eigenvalue weighted by Gasteiger charge is -2.14. The van der Waals surface area contributed by atoms with E-state index < -0.39 is 0 Å². The van der Waals surface area contributed by atoms with Crippen molar-refractivity contribution in [3.05, 3.63) is 34.1 Å². The minimum absolute atomic E-state index is 0.173. The Labute approximate surface area is 98.4 Å². The molecule has 1 aromatic rings. The molecule has 0 heterocycles. The first-order valence-electron chi connectivity index (χ1n) is 4.96. The zero-order valence-electron chi connectivity index (χ0n) is 8.98. The molecule has 0 aliphatic heterocycles. The van der Waals surface area contributed by atoms with E-state index in [1.54, 1.807) is 6.07 Å². The molecule has 0 aliphatic rings. The van der Waals surface area contributed by atoms with Gasteiger partial charge in [0.25, 0.3) is 0 Å². The van der Waals surface area contributed by atoms with Gasteiger partial charge < -0.3 is 10.6 Å². The lowest BCUT2D eigenvalue weighted by Crippen LogP contribution is -2.34. The van der Waals surface area contributed by atoms with E-state index in [0.29, 0.717) is 18.2 Å². The first kappa shape index (κ1) is 12.6. The van der Waals surface area contributed by atoms with Crippen LogP contribution in [0, 0.1) is 5.82 Å². The molecule has 4 heteroatoms. The van der Waals surface area contributed by atoms with Gasteiger partial charge in [0.1, 0.15) is 5.82 Å². The van der Waals surface area contributed by atoms with Crippen molar-refractivity contribution >= 4 is 15.9 Å². The van der Waals surface area contributed by atoms with Crippen LogP contribution in [0.1, 0.15) is 12.5 Å². The van der Waals surface area contributed by atoms with Gasteiger partial charge in [-0.05, 0) is 26.1 Å². The summed E-state index contributed by atoms with van der Waals surface area (Å²) in [6.07, 6.45) is 0. The van der Waals surface area contributed by atoms with E-state index in [1.807, 2.05) is 13.1 Å². The number of hydrogen-bond donors (Lipinski definition) is 2. The average Bonchev–Trinajstić information content (AvgIpc) is 2.17. The molecule has 0 saturated heterocycles. The molecule has 15 heavy (non-hydrogen) atoms. The Morgan fingerprint density at radius 3 is 2.80 bits per heavy atom. The molecular weight excluding hydrogens is 259 g/mol. The first-order valence-corrected chi connectivity index (χ1v) is 5.75. The van der Waals surface area contributed by atoms with Gasteiger partial charge in [0, 0.05) is 29.2 Å². The monoisotopic (exact) mass is 274 g/mol. The fourth-order valence-electron chi connectivity index (χ4n) is 1.36. The molecule has 1 rings (SSSR count). The quantitative estimate of drug-likeness (QED) is 0.861. The van der Waals surface area contributed by atoms with Crippen molar-refractivity contribution in [3.8, 4) is 0 Å². The number of hydrogen-bond acceptors (Lipinski definition) is 2. The third-order valence-electron chi connectivity index (χ3n) is 2.20. The van der Waals surface area contributed by atoms with Crippen LogP contribution in [0.2, 0.25) is 0 Å². The maximum absolute atomic E-state index is 13.4. The van der Waals surface area contributed by atoms with Crippen LogP contribution in [0.3, 0.4) is 0 Å². The highest BCUT2D eigenvalue weighted by atomic mass is 79.9. The molecule has 0 saturated carbocycles. The van der Waals surface area contributed by atoms with Crippen molar-refractivity contribution in [3.63, 3.8) is 0 Å². The predicted molar refractivity (Wildman–Crippen MR) is 64.3 cm³/mol. The van der Waals surface area contributed by atoms with Gasteiger partial charge in [-0.1, -0.05) is 22.0 Å². The van der Waals surface area contributed by atoms with Crippen LogP contribution in [0.4, 0.5) is 4.39 Å². The van der Waals surface area contributed by atoms with Gasteiger partial charge >= 0.3 is 0 Å². The van der Waals surface area contributed by atoms with Crippen molar-refractivity contribution in [1.82, 2.24) is 10.6 Å². The summed E-state index contributed by atoms with van der Waals surface area (Å²) >= 11 is 3.34. The third-order valence-corrected chi connectivity index (χ3v) is 2.94. The fourth-order valence-corrected chi connectivity index (χ4v) is 1.84. The van der Waals surface area contributed by atoms with E-state index in [4.69, 9.17) is 0 Å². The fraction of sp³-hybridized carbons (Fsp3) is 0.455. The average molecular weight is 275 g/mol. The van der Waals surface area contributed by atoms with E-state index in [2.05, 4.69) is 33.5 Å². The van der Waals surface area contributed by atoms with Crippen LogP contribution in [0.5, 0.6) is 0 Å². The SMILES string of the molecule is CNCC(C)NCc1c(F)cccc1Br. The van der Waals surface area contributed by atoms with Crippen molar-refractivity contribution in [1.29, 1.82) is 0 Å². The van der Waals surface area contributed by atoms with Gasteiger partial charge in [-0.3, -0.25) is 0 Å². The first-order chi connectivity index (χ1) is 7.15. The predicted octanol–water partition coefficient (Wildman–Crippen LogP) is 2.29. The number of rotatable bonds is 5. The number of benzene rings is 1. The summed E-state index contributed by atoms with van der Waals surface area (Å²) in [5, 5.41) is 6.31. The highest BCUT2D eigenvalue weighted by molar-refractivity contribution is 9.10. The molecule has 0 amide bonds. The summed E-state index contributed by atoms with van der Waals surface area (Å²) in [7, 11) is 1.90. The van der Waals surface area contributed by atoms with E-state index in [-0.39, 0.29) is 5.82 Å². The second-order valence-electron chi connectivity index (χ2n) is 3.54.